The number of sulfonamides is 1. The van der Waals surface area contributed by atoms with Gasteiger partial charge in [0.15, 0.2) is 0 Å². The van der Waals surface area contributed by atoms with Gasteiger partial charge in [-0.15, -0.1) is 0 Å². The van der Waals surface area contributed by atoms with Gasteiger partial charge in [0, 0.05) is 19.0 Å². The predicted octanol–water partition coefficient (Wildman–Crippen LogP) is 5.33. The summed E-state index contributed by atoms with van der Waals surface area (Å²) in [5.74, 6) is -1.32. The van der Waals surface area contributed by atoms with E-state index in [-0.39, 0.29) is 35.6 Å². The molecule has 1 aliphatic carbocycles. The van der Waals surface area contributed by atoms with Gasteiger partial charge in [-0.1, -0.05) is 85.5 Å². The predicted molar refractivity (Wildman–Crippen MR) is 160 cm³/mol. The summed E-state index contributed by atoms with van der Waals surface area (Å²) in [6.45, 7) is -0.583. The summed E-state index contributed by atoms with van der Waals surface area (Å²) < 4.78 is 40.4. The van der Waals surface area contributed by atoms with E-state index in [1.54, 1.807) is 30.3 Å². The number of para-hydroxylation sites is 1. The molecule has 0 saturated heterocycles. The van der Waals surface area contributed by atoms with E-state index in [4.69, 9.17) is 11.6 Å². The van der Waals surface area contributed by atoms with Gasteiger partial charge in [-0.3, -0.25) is 13.9 Å². The van der Waals surface area contributed by atoms with Crippen LogP contribution < -0.4 is 9.62 Å². The van der Waals surface area contributed by atoms with Crippen LogP contribution >= 0.6 is 11.6 Å². The molecule has 1 aliphatic rings. The molecule has 218 valence electrons. The molecule has 1 N–H and O–H groups in total. The van der Waals surface area contributed by atoms with Crippen LogP contribution in [0.15, 0.2) is 78.9 Å². The molecule has 0 heterocycles. The third kappa shape index (κ3) is 8.53. The molecule has 0 spiro atoms. The first-order valence-corrected chi connectivity index (χ1v) is 15.9. The van der Waals surface area contributed by atoms with Gasteiger partial charge >= 0.3 is 0 Å². The number of nitrogens with one attached hydrogen (secondary N) is 1. The molecule has 7 nitrogen and oxygen atoms in total. The lowest BCUT2D eigenvalue weighted by Crippen LogP contribution is -2.55. The van der Waals surface area contributed by atoms with Crippen molar-refractivity contribution in [1.29, 1.82) is 0 Å². The van der Waals surface area contributed by atoms with Crippen LogP contribution in [0.5, 0.6) is 0 Å². The fourth-order valence-electron chi connectivity index (χ4n) is 5.13. The zero-order chi connectivity index (χ0) is 29.4. The third-order valence-corrected chi connectivity index (χ3v) is 8.74. The molecule has 1 atom stereocenters. The Bertz CT molecular complexity index is 1430. The van der Waals surface area contributed by atoms with Crippen molar-refractivity contribution < 1.29 is 22.4 Å². The zero-order valence-corrected chi connectivity index (χ0v) is 24.6. The van der Waals surface area contributed by atoms with Crippen molar-refractivity contribution in [2.24, 2.45) is 0 Å². The number of amides is 2. The lowest BCUT2D eigenvalue weighted by molar-refractivity contribution is -0.140. The highest BCUT2D eigenvalue weighted by Crippen LogP contribution is 2.28. The fraction of sp³-hybridized carbons (Fsp3) is 0.355. The second-order valence-corrected chi connectivity index (χ2v) is 12.7. The van der Waals surface area contributed by atoms with Crippen LogP contribution in [-0.4, -0.2) is 50.0 Å². The maximum Gasteiger partial charge on any atom is 0.244 e. The number of nitrogens with zero attached hydrogens (tertiary/aromatic N) is 2. The molecule has 0 unspecified atom stereocenters. The summed E-state index contributed by atoms with van der Waals surface area (Å²) in [6, 6.07) is 20.5. The topological polar surface area (TPSA) is 86.8 Å². The number of hydrogen-bond donors (Lipinski definition) is 1. The Morgan fingerprint density at radius 2 is 1.56 bits per heavy atom. The van der Waals surface area contributed by atoms with E-state index in [1.807, 2.05) is 30.3 Å². The SMILES string of the molecule is CS(=O)(=O)N(CC(=O)N(Cc1ccc(F)cc1)[C@@H](Cc1ccccc1)C(=O)NC1CCCCC1)c1ccccc1Cl. The molecule has 0 radical (unpaired) electrons. The van der Waals surface area contributed by atoms with Crippen LogP contribution in [0.25, 0.3) is 0 Å². The summed E-state index contributed by atoms with van der Waals surface area (Å²) in [7, 11) is -3.92. The van der Waals surface area contributed by atoms with Crippen LogP contribution in [-0.2, 0) is 32.6 Å². The Morgan fingerprint density at radius 3 is 2.20 bits per heavy atom. The van der Waals surface area contributed by atoms with Crippen LogP contribution in [0.3, 0.4) is 0 Å². The van der Waals surface area contributed by atoms with Crippen molar-refractivity contribution in [2.75, 3.05) is 17.1 Å². The lowest BCUT2D eigenvalue weighted by Gasteiger charge is -2.35. The summed E-state index contributed by atoms with van der Waals surface area (Å²) in [4.78, 5) is 29.4. The normalized spacial score (nSPS) is 14.7. The molecule has 4 rings (SSSR count). The minimum atomic E-state index is -3.92. The third-order valence-electron chi connectivity index (χ3n) is 7.29. The van der Waals surface area contributed by atoms with E-state index in [1.165, 1.54) is 23.1 Å². The maximum absolute atomic E-state index is 14.1. The Labute approximate surface area is 246 Å². The molecule has 0 aromatic heterocycles. The molecular weight excluding hydrogens is 565 g/mol. The van der Waals surface area contributed by atoms with Crippen molar-refractivity contribution in [3.63, 3.8) is 0 Å². The van der Waals surface area contributed by atoms with Gasteiger partial charge in [0.1, 0.15) is 18.4 Å². The number of rotatable bonds is 11. The number of carbonyl (C=O) groups is 2. The highest BCUT2D eigenvalue weighted by Gasteiger charge is 2.34. The average molecular weight is 600 g/mol. The van der Waals surface area contributed by atoms with Crippen LogP contribution in [0.2, 0.25) is 5.02 Å². The van der Waals surface area contributed by atoms with Crippen LogP contribution in [0, 0.1) is 5.82 Å². The first-order chi connectivity index (χ1) is 19.6. The standard InChI is InChI=1S/C31H35ClFN3O4S/c1-41(39,40)36(28-15-9-8-14-27(28)32)22-30(37)35(21-24-16-18-25(33)19-17-24)29(20-23-10-4-2-5-11-23)31(38)34-26-12-6-3-7-13-26/h2,4-5,8-11,14-19,26,29H,3,6-7,12-13,20-22H2,1H3,(H,34,38)/t29-/m0/s1. The number of hydrogen-bond acceptors (Lipinski definition) is 4. The molecule has 3 aromatic carbocycles. The van der Waals surface area contributed by atoms with Crippen LogP contribution in [0.4, 0.5) is 10.1 Å². The minimum absolute atomic E-state index is 0.00735. The first-order valence-electron chi connectivity index (χ1n) is 13.7. The van der Waals surface area contributed by atoms with Crippen molar-refractivity contribution in [1.82, 2.24) is 10.2 Å². The van der Waals surface area contributed by atoms with Gasteiger partial charge in [0.2, 0.25) is 21.8 Å². The van der Waals surface area contributed by atoms with Gasteiger partial charge in [-0.2, -0.15) is 0 Å². The molecular formula is C31H35ClFN3O4S. The molecule has 10 heteroatoms. The van der Waals surface area contributed by atoms with Crippen molar-refractivity contribution in [2.45, 2.75) is 57.2 Å². The Kier molecular flexibility index (Phi) is 10.4. The largest absolute Gasteiger partial charge is 0.352 e. The first kappa shape index (κ1) is 30.5. The van der Waals surface area contributed by atoms with Crippen molar-refractivity contribution in [3.05, 3.63) is 101 Å². The number of halogens is 2. The molecule has 0 aliphatic heterocycles. The van der Waals surface area contributed by atoms with Crippen LogP contribution in [0.1, 0.15) is 43.2 Å². The van der Waals surface area contributed by atoms with E-state index in [9.17, 15) is 22.4 Å². The van der Waals surface area contributed by atoms with Crippen molar-refractivity contribution >= 4 is 39.1 Å². The van der Waals surface area contributed by atoms with E-state index >= 15 is 0 Å². The monoisotopic (exact) mass is 599 g/mol. The van der Waals surface area contributed by atoms with E-state index in [0.29, 0.717) is 5.56 Å². The van der Waals surface area contributed by atoms with Gasteiger partial charge in [-0.25, -0.2) is 12.8 Å². The fourth-order valence-corrected chi connectivity index (χ4v) is 6.28. The number of carbonyl (C=O) groups excluding carboxylic acids is 2. The highest BCUT2D eigenvalue weighted by molar-refractivity contribution is 7.92. The molecule has 3 aromatic rings. The Hall–Kier alpha value is -3.43. The average Bonchev–Trinajstić information content (AvgIpc) is 2.95. The van der Waals surface area contributed by atoms with Gasteiger partial charge in [0.25, 0.3) is 0 Å². The minimum Gasteiger partial charge on any atom is -0.352 e. The van der Waals surface area contributed by atoms with Gasteiger partial charge in [-0.05, 0) is 48.2 Å². The second kappa shape index (κ2) is 14.0. The lowest BCUT2D eigenvalue weighted by atomic mass is 9.94. The summed E-state index contributed by atoms with van der Waals surface area (Å²) in [5, 5.41) is 3.32. The Balaban J connectivity index is 1.72. The number of benzene rings is 3. The second-order valence-electron chi connectivity index (χ2n) is 10.4. The summed E-state index contributed by atoms with van der Waals surface area (Å²) in [5.41, 5.74) is 1.62. The molecule has 0 bridgehead atoms. The molecule has 41 heavy (non-hydrogen) atoms. The number of anilines is 1. The maximum atomic E-state index is 14.1. The smallest absolute Gasteiger partial charge is 0.244 e. The Morgan fingerprint density at radius 1 is 0.927 bits per heavy atom. The van der Waals surface area contributed by atoms with Gasteiger partial charge < -0.3 is 10.2 Å². The summed E-state index contributed by atoms with van der Waals surface area (Å²) in [6.07, 6.45) is 6.12. The van der Waals surface area contributed by atoms with E-state index in [2.05, 4.69) is 5.32 Å². The zero-order valence-electron chi connectivity index (χ0n) is 23.0. The van der Waals surface area contributed by atoms with E-state index in [0.717, 1.165) is 48.2 Å². The van der Waals surface area contributed by atoms with Gasteiger partial charge in [0.05, 0.1) is 17.0 Å². The molecule has 2 amide bonds. The quantitative estimate of drug-likeness (QED) is 0.323. The van der Waals surface area contributed by atoms with Crippen molar-refractivity contribution in [3.8, 4) is 0 Å². The highest BCUT2D eigenvalue weighted by atomic mass is 35.5. The summed E-state index contributed by atoms with van der Waals surface area (Å²) >= 11 is 6.33. The van der Waals surface area contributed by atoms with E-state index < -0.39 is 34.3 Å². The molecule has 1 saturated carbocycles. The molecule has 1 fully saturated rings.